The molecule has 0 atom stereocenters. The number of hydrogen-bond donors (Lipinski definition) is 2. The molecule has 0 radical (unpaired) electrons. The predicted molar refractivity (Wildman–Crippen MR) is 48.0 cm³/mol. The van der Waals surface area contributed by atoms with Crippen LogP contribution >= 0.6 is 11.3 Å². The lowest BCUT2D eigenvalue weighted by atomic mass is 9.89. The van der Waals surface area contributed by atoms with Crippen molar-refractivity contribution in [2.45, 2.75) is 31.5 Å². The van der Waals surface area contributed by atoms with Gasteiger partial charge in [0.1, 0.15) is 0 Å². The van der Waals surface area contributed by atoms with Gasteiger partial charge in [-0.1, -0.05) is 0 Å². The smallest absolute Gasteiger partial charge is 0.0794 e. The van der Waals surface area contributed by atoms with Crippen molar-refractivity contribution in [2.75, 3.05) is 0 Å². The van der Waals surface area contributed by atoms with Gasteiger partial charge < -0.3 is 10.4 Å². The number of nitrogens with zero attached hydrogens (tertiary/aromatic N) is 1. The minimum absolute atomic E-state index is 0.0658. The van der Waals surface area contributed by atoms with Crippen LogP contribution in [-0.2, 0) is 6.54 Å². The van der Waals surface area contributed by atoms with E-state index in [1.54, 1.807) is 11.3 Å². The van der Waals surface area contributed by atoms with Crippen molar-refractivity contribution in [3.05, 3.63) is 16.6 Å². The van der Waals surface area contributed by atoms with Crippen LogP contribution in [-0.4, -0.2) is 22.2 Å². The fraction of sp³-hybridized carbons (Fsp3) is 0.625. The maximum atomic E-state index is 9.03. The van der Waals surface area contributed by atoms with Crippen LogP contribution in [0.25, 0.3) is 0 Å². The fourth-order valence-electron chi connectivity index (χ4n) is 1.33. The molecule has 1 aromatic rings. The van der Waals surface area contributed by atoms with E-state index in [1.165, 1.54) is 4.88 Å². The molecule has 0 aliphatic heterocycles. The van der Waals surface area contributed by atoms with Crippen molar-refractivity contribution in [3.63, 3.8) is 0 Å². The zero-order valence-corrected chi connectivity index (χ0v) is 7.55. The summed E-state index contributed by atoms with van der Waals surface area (Å²) in [5.41, 5.74) is 1.84. The van der Waals surface area contributed by atoms with Crippen LogP contribution in [0.3, 0.4) is 0 Å². The highest BCUT2D eigenvalue weighted by Crippen LogP contribution is 2.20. The minimum atomic E-state index is -0.0658. The second-order valence-corrected chi connectivity index (χ2v) is 4.14. The Morgan fingerprint density at radius 3 is 3.08 bits per heavy atom. The van der Waals surface area contributed by atoms with Crippen LogP contribution in [0.5, 0.6) is 0 Å². The van der Waals surface area contributed by atoms with E-state index in [4.69, 9.17) is 5.11 Å². The molecule has 0 bridgehead atoms. The Bertz CT molecular complexity index is 231. The van der Waals surface area contributed by atoms with E-state index in [0.29, 0.717) is 6.04 Å². The Hall–Kier alpha value is -0.450. The van der Waals surface area contributed by atoms with Gasteiger partial charge in [-0.05, 0) is 12.8 Å². The van der Waals surface area contributed by atoms with Crippen molar-refractivity contribution < 1.29 is 5.11 Å². The maximum absolute atomic E-state index is 9.03. The lowest BCUT2D eigenvalue weighted by molar-refractivity contribution is 0.0620. The average molecular weight is 184 g/mol. The summed E-state index contributed by atoms with van der Waals surface area (Å²) in [7, 11) is 0. The molecule has 3 nitrogen and oxygen atoms in total. The van der Waals surface area contributed by atoms with Gasteiger partial charge in [0.2, 0.25) is 0 Å². The summed E-state index contributed by atoms with van der Waals surface area (Å²) >= 11 is 1.66. The molecule has 1 fully saturated rings. The highest BCUT2D eigenvalue weighted by molar-refractivity contribution is 7.09. The second kappa shape index (κ2) is 3.51. The van der Waals surface area contributed by atoms with Crippen LogP contribution in [0.4, 0.5) is 0 Å². The summed E-state index contributed by atoms with van der Waals surface area (Å²) in [6.07, 6.45) is 3.62. The summed E-state index contributed by atoms with van der Waals surface area (Å²) in [5, 5.41) is 12.4. The SMILES string of the molecule is OC1CC(NCc2cncs2)C1. The third-order valence-corrected chi connectivity index (χ3v) is 2.94. The van der Waals surface area contributed by atoms with Crippen molar-refractivity contribution in [1.29, 1.82) is 0 Å². The first-order chi connectivity index (χ1) is 5.84. The molecule has 1 aliphatic rings. The van der Waals surface area contributed by atoms with Crippen LogP contribution in [0.1, 0.15) is 17.7 Å². The number of hydrogen-bond acceptors (Lipinski definition) is 4. The maximum Gasteiger partial charge on any atom is 0.0794 e. The summed E-state index contributed by atoms with van der Waals surface area (Å²) in [4.78, 5) is 5.25. The molecule has 0 saturated heterocycles. The molecule has 1 saturated carbocycles. The molecular formula is C8H12N2OS. The Morgan fingerprint density at radius 2 is 2.50 bits per heavy atom. The molecule has 66 valence electrons. The molecule has 4 heteroatoms. The van der Waals surface area contributed by atoms with Gasteiger partial charge in [-0.2, -0.15) is 0 Å². The van der Waals surface area contributed by atoms with Crippen LogP contribution in [0.2, 0.25) is 0 Å². The molecule has 2 N–H and O–H groups in total. The molecule has 0 unspecified atom stereocenters. The van der Waals surface area contributed by atoms with Crippen molar-refractivity contribution in [2.24, 2.45) is 0 Å². The van der Waals surface area contributed by atoms with Crippen molar-refractivity contribution >= 4 is 11.3 Å². The zero-order chi connectivity index (χ0) is 8.39. The number of thiazole rings is 1. The first kappa shape index (κ1) is 8.16. The molecular weight excluding hydrogens is 172 g/mol. The van der Waals surface area contributed by atoms with Gasteiger partial charge >= 0.3 is 0 Å². The molecule has 0 amide bonds. The monoisotopic (exact) mass is 184 g/mol. The summed E-state index contributed by atoms with van der Waals surface area (Å²) in [6.45, 7) is 0.891. The molecule has 1 heterocycles. The third kappa shape index (κ3) is 1.83. The number of aliphatic hydroxyl groups is 1. The van der Waals surface area contributed by atoms with Crippen molar-refractivity contribution in [1.82, 2.24) is 10.3 Å². The van der Waals surface area contributed by atoms with E-state index in [2.05, 4.69) is 10.3 Å². The molecule has 12 heavy (non-hydrogen) atoms. The van der Waals surface area contributed by atoms with E-state index in [1.807, 2.05) is 11.7 Å². The highest BCUT2D eigenvalue weighted by atomic mass is 32.1. The number of aromatic nitrogens is 1. The lowest BCUT2D eigenvalue weighted by Gasteiger charge is -2.31. The minimum Gasteiger partial charge on any atom is -0.393 e. The normalized spacial score (nSPS) is 28.4. The van der Waals surface area contributed by atoms with Gasteiger partial charge in [-0.3, -0.25) is 4.98 Å². The molecule has 2 rings (SSSR count). The molecule has 1 aromatic heterocycles. The largest absolute Gasteiger partial charge is 0.393 e. The van der Waals surface area contributed by atoms with Crippen LogP contribution in [0, 0.1) is 0 Å². The molecule has 0 aromatic carbocycles. The first-order valence-corrected chi connectivity index (χ1v) is 5.01. The van der Waals surface area contributed by atoms with E-state index in [9.17, 15) is 0 Å². The Labute approximate surface area is 75.5 Å². The number of nitrogens with one attached hydrogen (secondary N) is 1. The van der Waals surface area contributed by atoms with Gasteiger partial charge in [0.25, 0.3) is 0 Å². The van der Waals surface area contributed by atoms with Crippen LogP contribution in [0.15, 0.2) is 11.7 Å². The Balaban J connectivity index is 1.70. The van der Waals surface area contributed by atoms with Gasteiger partial charge in [0.05, 0.1) is 11.6 Å². The van der Waals surface area contributed by atoms with E-state index >= 15 is 0 Å². The first-order valence-electron chi connectivity index (χ1n) is 4.13. The summed E-state index contributed by atoms with van der Waals surface area (Å²) in [5.74, 6) is 0. The number of rotatable bonds is 3. The van der Waals surface area contributed by atoms with E-state index in [-0.39, 0.29) is 6.10 Å². The van der Waals surface area contributed by atoms with Gasteiger partial charge in [0.15, 0.2) is 0 Å². The van der Waals surface area contributed by atoms with Gasteiger partial charge in [-0.15, -0.1) is 11.3 Å². The highest BCUT2D eigenvalue weighted by Gasteiger charge is 2.26. The fourth-order valence-corrected chi connectivity index (χ4v) is 1.87. The van der Waals surface area contributed by atoms with Crippen molar-refractivity contribution in [3.8, 4) is 0 Å². The quantitative estimate of drug-likeness (QED) is 0.729. The Morgan fingerprint density at radius 1 is 1.67 bits per heavy atom. The molecule has 1 aliphatic carbocycles. The zero-order valence-electron chi connectivity index (χ0n) is 6.73. The van der Waals surface area contributed by atoms with E-state index in [0.717, 1.165) is 19.4 Å². The van der Waals surface area contributed by atoms with Gasteiger partial charge in [0, 0.05) is 23.7 Å². The molecule has 0 spiro atoms. The topological polar surface area (TPSA) is 45.1 Å². The standard InChI is InChI=1S/C8H12N2OS/c11-7-1-6(2-7)10-4-8-3-9-5-12-8/h3,5-7,10-11H,1-2,4H2. The van der Waals surface area contributed by atoms with Gasteiger partial charge in [-0.25, -0.2) is 0 Å². The third-order valence-electron chi connectivity index (χ3n) is 2.16. The average Bonchev–Trinajstić information content (AvgIpc) is 2.47. The van der Waals surface area contributed by atoms with Crippen LogP contribution < -0.4 is 5.32 Å². The summed E-state index contributed by atoms with van der Waals surface area (Å²) < 4.78 is 0. The summed E-state index contributed by atoms with van der Waals surface area (Å²) in [6, 6.07) is 0.516. The van der Waals surface area contributed by atoms with E-state index < -0.39 is 0 Å². The second-order valence-electron chi connectivity index (χ2n) is 3.17. The number of aliphatic hydroxyl groups excluding tert-OH is 1. The predicted octanol–water partition coefficient (Wildman–Crippen LogP) is 0.756. The lowest BCUT2D eigenvalue weighted by Crippen LogP contribution is -2.43. The Kier molecular flexibility index (Phi) is 2.39.